The minimum atomic E-state index is -0.924. The van der Waals surface area contributed by atoms with Crippen LogP contribution in [0.25, 0.3) is 0 Å². The predicted octanol–water partition coefficient (Wildman–Crippen LogP) is -0.441. The zero-order chi connectivity index (χ0) is 14.2. The third kappa shape index (κ3) is 3.04. The fraction of sp³-hybridized carbons (Fsp3) is 0.750. The molecule has 114 valence electrons. The van der Waals surface area contributed by atoms with Gasteiger partial charge < -0.3 is 15.5 Å². The highest BCUT2D eigenvalue weighted by Crippen LogP contribution is 2.17. The molecule has 2 rings (SSSR count). The van der Waals surface area contributed by atoms with Gasteiger partial charge in [0.05, 0.1) is 0 Å². The predicted molar refractivity (Wildman–Crippen MR) is 75.6 cm³/mol. The van der Waals surface area contributed by atoms with E-state index in [0.717, 1.165) is 18.0 Å². The number of urea groups is 1. The first-order valence-electron chi connectivity index (χ1n) is 6.47. The highest BCUT2D eigenvalue weighted by molar-refractivity contribution is 6.08. The molecule has 7 nitrogen and oxygen atoms in total. The van der Waals surface area contributed by atoms with Gasteiger partial charge in [-0.15, -0.1) is 12.4 Å². The summed E-state index contributed by atoms with van der Waals surface area (Å²) in [4.78, 5) is 38.6. The number of halogens is 1. The van der Waals surface area contributed by atoms with Crippen LogP contribution in [0, 0.1) is 0 Å². The van der Waals surface area contributed by atoms with Crippen molar-refractivity contribution in [1.82, 2.24) is 20.4 Å². The summed E-state index contributed by atoms with van der Waals surface area (Å²) in [7, 11) is 0. The van der Waals surface area contributed by atoms with Gasteiger partial charge in [0.25, 0.3) is 5.91 Å². The molecule has 2 saturated heterocycles. The highest BCUT2D eigenvalue weighted by Gasteiger charge is 2.45. The summed E-state index contributed by atoms with van der Waals surface area (Å²) in [6, 6.07) is -0.416. The number of hydrogen-bond donors (Lipinski definition) is 2. The molecule has 0 saturated carbocycles. The smallest absolute Gasteiger partial charge is 0.325 e. The molecule has 4 amide bonds. The molecule has 8 heteroatoms. The maximum atomic E-state index is 12.2. The van der Waals surface area contributed by atoms with E-state index in [2.05, 4.69) is 10.6 Å². The minimum Gasteiger partial charge on any atom is -0.336 e. The van der Waals surface area contributed by atoms with Crippen LogP contribution in [0.15, 0.2) is 0 Å². The zero-order valence-electron chi connectivity index (χ0n) is 11.9. The molecule has 1 atom stereocenters. The molecule has 0 aliphatic carbocycles. The van der Waals surface area contributed by atoms with Crippen molar-refractivity contribution >= 4 is 30.3 Å². The zero-order valence-corrected chi connectivity index (χ0v) is 12.7. The normalized spacial score (nSPS) is 25.2. The number of piperazine rings is 1. The molecule has 2 heterocycles. The Hall–Kier alpha value is -1.34. The van der Waals surface area contributed by atoms with Crippen LogP contribution in [0.3, 0.4) is 0 Å². The molecular formula is C12H21ClN4O3. The first kappa shape index (κ1) is 16.7. The molecule has 0 aromatic carbocycles. The second-order valence-electron chi connectivity index (χ2n) is 5.59. The summed E-state index contributed by atoms with van der Waals surface area (Å²) < 4.78 is 0. The summed E-state index contributed by atoms with van der Waals surface area (Å²) in [6.45, 7) is 7.10. The summed E-state index contributed by atoms with van der Waals surface area (Å²) in [5.41, 5.74) is -0.924. The maximum Gasteiger partial charge on any atom is 0.325 e. The molecule has 20 heavy (non-hydrogen) atoms. The molecule has 2 N–H and O–H groups in total. The van der Waals surface area contributed by atoms with E-state index in [0.29, 0.717) is 6.54 Å². The van der Waals surface area contributed by atoms with Gasteiger partial charge in [-0.3, -0.25) is 14.5 Å². The average Bonchev–Trinajstić information content (AvgIpc) is 2.52. The monoisotopic (exact) mass is 304 g/mol. The first-order valence-corrected chi connectivity index (χ1v) is 6.47. The van der Waals surface area contributed by atoms with E-state index in [4.69, 9.17) is 0 Å². The summed E-state index contributed by atoms with van der Waals surface area (Å²) in [5.74, 6) is -0.538. The van der Waals surface area contributed by atoms with E-state index in [9.17, 15) is 14.4 Å². The quantitative estimate of drug-likeness (QED) is 0.678. The number of nitrogens with one attached hydrogen (secondary N) is 2. The van der Waals surface area contributed by atoms with Crippen molar-refractivity contribution in [3.63, 3.8) is 0 Å². The van der Waals surface area contributed by atoms with Gasteiger partial charge in [-0.2, -0.15) is 0 Å². The fourth-order valence-corrected chi connectivity index (χ4v) is 2.40. The van der Waals surface area contributed by atoms with Crippen LogP contribution in [0.4, 0.5) is 4.79 Å². The standard InChI is InChI=1S/C12H20N4O3.ClH/c1-8-6-13-4-5-15(8)9(17)7-16-10(18)12(2,3)14-11(16)19;/h8,13H,4-7H2,1-3H3,(H,14,19);1H/t8-;/m1./s1. The van der Waals surface area contributed by atoms with E-state index < -0.39 is 11.6 Å². The lowest BCUT2D eigenvalue weighted by Gasteiger charge is -2.34. The van der Waals surface area contributed by atoms with Crippen LogP contribution >= 0.6 is 12.4 Å². The molecule has 0 radical (unpaired) electrons. The van der Waals surface area contributed by atoms with Crippen molar-refractivity contribution in [2.24, 2.45) is 0 Å². The number of nitrogens with zero attached hydrogens (tertiary/aromatic N) is 2. The molecule has 2 aliphatic heterocycles. The Morgan fingerprint density at radius 1 is 1.40 bits per heavy atom. The van der Waals surface area contributed by atoms with Gasteiger partial charge in [0.1, 0.15) is 12.1 Å². The van der Waals surface area contributed by atoms with E-state index >= 15 is 0 Å². The third-order valence-electron chi connectivity index (χ3n) is 3.56. The van der Waals surface area contributed by atoms with Crippen molar-refractivity contribution in [2.45, 2.75) is 32.4 Å². The Balaban J connectivity index is 0.00000200. The highest BCUT2D eigenvalue weighted by atomic mass is 35.5. The number of imide groups is 1. The van der Waals surface area contributed by atoms with Crippen LogP contribution in [0.2, 0.25) is 0 Å². The average molecular weight is 305 g/mol. The molecule has 0 aromatic rings. The maximum absolute atomic E-state index is 12.2. The molecule has 0 bridgehead atoms. The van der Waals surface area contributed by atoms with Gasteiger partial charge in [-0.1, -0.05) is 0 Å². The Kier molecular flexibility index (Phi) is 4.99. The lowest BCUT2D eigenvalue weighted by molar-refractivity contribution is -0.140. The molecular weight excluding hydrogens is 284 g/mol. The third-order valence-corrected chi connectivity index (χ3v) is 3.56. The molecule has 0 spiro atoms. The van der Waals surface area contributed by atoms with Crippen LogP contribution in [0.1, 0.15) is 20.8 Å². The van der Waals surface area contributed by atoms with Crippen molar-refractivity contribution in [3.8, 4) is 0 Å². The fourth-order valence-electron chi connectivity index (χ4n) is 2.40. The lowest BCUT2D eigenvalue weighted by atomic mass is 10.1. The molecule has 0 unspecified atom stereocenters. The van der Waals surface area contributed by atoms with Crippen LogP contribution < -0.4 is 10.6 Å². The van der Waals surface area contributed by atoms with E-state index in [-0.39, 0.29) is 36.8 Å². The van der Waals surface area contributed by atoms with Crippen LogP contribution in [-0.2, 0) is 9.59 Å². The summed E-state index contributed by atoms with van der Waals surface area (Å²) >= 11 is 0. The lowest BCUT2D eigenvalue weighted by Crippen LogP contribution is -2.55. The molecule has 2 fully saturated rings. The van der Waals surface area contributed by atoms with Crippen LogP contribution in [0.5, 0.6) is 0 Å². The second kappa shape index (κ2) is 5.97. The molecule has 2 aliphatic rings. The van der Waals surface area contributed by atoms with Gasteiger partial charge in [-0.05, 0) is 20.8 Å². The topological polar surface area (TPSA) is 81.8 Å². The largest absolute Gasteiger partial charge is 0.336 e. The SMILES string of the molecule is C[C@@H]1CNCCN1C(=O)CN1C(=O)NC(C)(C)C1=O.Cl. The Morgan fingerprint density at radius 3 is 2.55 bits per heavy atom. The van der Waals surface area contributed by atoms with Crippen LogP contribution in [-0.4, -0.2) is 65.4 Å². The number of rotatable bonds is 2. The number of hydrogen-bond acceptors (Lipinski definition) is 4. The van der Waals surface area contributed by atoms with Crippen molar-refractivity contribution < 1.29 is 14.4 Å². The first-order chi connectivity index (χ1) is 8.83. The molecule has 0 aromatic heterocycles. The van der Waals surface area contributed by atoms with Crippen molar-refractivity contribution in [3.05, 3.63) is 0 Å². The van der Waals surface area contributed by atoms with E-state index in [1.54, 1.807) is 18.7 Å². The van der Waals surface area contributed by atoms with Gasteiger partial charge in [0, 0.05) is 25.7 Å². The van der Waals surface area contributed by atoms with Gasteiger partial charge in [-0.25, -0.2) is 4.79 Å². The van der Waals surface area contributed by atoms with Gasteiger partial charge in [0.15, 0.2) is 0 Å². The van der Waals surface area contributed by atoms with E-state index in [1.807, 2.05) is 6.92 Å². The summed E-state index contributed by atoms with van der Waals surface area (Å²) in [6.07, 6.45) is 0. The Bertz CT molecular complexity index is 427. The van der Waals surface area contributed by atoms with E-state index in [1.165, 1.54) is 0 Å². The summed E-state index contributed by atoms with van der Waals surface area (Å²) in [5, 5.41) is 5.76. The van der Waals surface area contributed by atoms with Gasteiger partial charge in [0.2, 0.25) is 5.91 Å². The Labute approximate surface area is 124 Å². The number of carbonyl (C=O) groups excluding carboxylic acids is 3. The number of carbonyl (C=O) groups is 3. The number of amides is 4. The Morgan fingerprint density at radius 2 is 2.05 bits per heavy atom. The van der Waals surface area contributed by atoms with Crippen molar-refractivity contribution in [1.29, 1.82) is 0 Å². The minimum absolute atomic E-state index is 0. The van der Waals surface area contributed by atoms with Gasteiger partial charge >= 0.3 is 6.03 Å². The van der Waals surface area contributed by atoms with Crippen molar-refractivity contribution in [2.75, 3.05) is 26.2 Å². The second-order valence-corrected chi connectivity index (χ2v) is 5.59.